The zero-order valence-corrected chi connectivity index (χ0v) is 14.5. The number of hydrogen-bond acceptors (Lipinski definition) is 5. The second-order valence-corrected chi connectivity index (χ2v) is 5.83. The molecule has 1 aromatic heterocycles. The lowest BCUT2D eigenvalue weighted by atomic mass is 9.97. The number of H-pyrrole nitrogens is 1. The predicted octanol–water partition coefficient (Wildman–Crippen LogP) is 4.14. The van der Waals surface area contributed by atoms with Crippen LogP contribution < -0.4 is 10.6 Å². The molecule has 0 amide bonds. The number of tetrazole rings is 1. The van der Waals surface area contributed by atoms with Crippen molar-refractivity contribution in [3.63, 3.8) is 0 Å². The molecular weight excluding hydrogens is 336 g/mol. The second-order valence-electron chi connectivity index (χ2n) is 5.83. The van der Waals surface area contributed by atoms with E-state index in [0.717, 1.165) is 28.2 Å². The van der Waals surface area contributed by atoms with Gasteiger partial charge in [-0.3, -0.25) is 0 Å². The highest BCUT2D eigenvalue weighted by Gasteiger charge is 2.14. The Morgan fingerprint density at radius 2 is 1.22 bits per heavy atom. The molecule has 0 aliphatic carbocycles. The quantitative estimate of drug-likeness (QED) is 0.485. The van der Waals surface area contributed by atoms with Crippen molar-refractivity contribution < 1.29 is 0 Å². The summed E-state index contributed by atoms with van der Waals surface area (Å²) in [5, 5.41) is 20.9. The molecule has 0 aliphatic heterocycles. The summed E-state index contributed by atoms with van der Waals surface area (Å²) in [7, 11) is 0. The van der Waals surface area contributed by atoms with Crippen LogP contribution in [-0.4, -0.2) is 20.6 Å². The summed E-state index contributed by atoms with van der Waals surface area (Å²) < 4.78 is 0. The number of nitrogens with one attached hydrogen (secondary N) is 3. The molecule has 4 aromatic rings. The minimum atomic E-state index is 0.387. The van der Waals surface area contributed by atoms with Crippen LogP contribution in [0.2, 0.25) is 0 Å². The summed E-state index contributed by atoms with van der Waals surface area (Å²) in [6.45, 7) is 0. The van der Waals surface area contributed by atoms with Gasteiger partial charge in [0.25, 0.3) is 5.95 Å². The number of rotatable bonds is 6. The molecule has 6 heteroatoms. The molecule has 3 aromatic carbocycles. The predicted molar refractivity (Wildman–Crippen MR) is 107 cm³/mol. The van der Waals surface area contributed by atoms with E-state index in [2.05, 4.69) is 55.5 Å². The van der Waals surface area contributed by atoms with Crippen molar-refractivity contribution in [3.8, 4) is 0 Å². The summed E-state index contributed by atoms with van der Waals surface area (Å²) in [6, 6.07) is 30.4. The van der Waals surface area contributed by atoms with Crippen molar-refractivity contribution in [1.82, 2.24) is 20.6 Å². The van der Waals surface area contributed by atoms with E-state index in [0.29, 0.717) is 5.95 Å². The fourth-order valence-electron chi connectivity index (χ4n) is 2.81. The number of para-hydroxylation sites is 1. The first-order chi connectivity index (χ1) is 13.4. The summed E-state index contributed by atoms with van der Waals surface area (Å²) in [5.74, 6) is 1.15. The lowest BCUT2D eigenvalue weighted by molar-refractivity contribution is 0.881. The molecule has 0 bridgehead atoms. The van der Waals surface area contributed by atoms with Gasteiger partial charge in [-0.05, 0) is 28.5 Å². The zero-order valence-electron chi connectivity index (χ0n) is 14.5. The Balaban J connectivity index is 1.88. The monoisotopic (exact) mass is 354 g/mol. The maximum atomic E-state index is 4.03. The Morgan fingerprint density at radius 3 is 1.74 bits per heavy atom. The normalized spacial score (nSPS) is 10.2. The van der Waals surface area contributed by atoms with Crippen LogP contribution in [0.4, 0.5) is 11.6 Å². The first-order valence-electron chi connectivity index (χ1n) is 8.58. The maximum Gasteiger partial charge on any atom is 0.268 e. The van der Waals surface area contributed by atoms with Crippen LogP contribution in [0.1, 0.15) is 11.1 Å². The first-order valence-corrected chi connectivity index (χ1v) is 8.58. The molecule has 132 valence electrons. The van der Waals surface area contributed by atoms with Crippen molar-refractivity contribution in [2.45, 2.75) is 0 Å². The van der Waals surface area contributed by atoms with E-state index in [1.165, 1.54) is 0 Å². The van der Waals surface area contributed by atoms with Crippen molar-refractivity contribution in [2.75, 3.05) is 10.6 Å². The molecule has 27 heavy (non-hydrogen) atoms. The fraction of sp³-hybridized carbons (Fsp3) is 0. The first kappa shape index (κ1) is 16.5. The van der Waals surface area contributed by atoms with Gasteiger partial charge in [-0.1, -0.05) is 84.0 Å². The standard InChI is InChI=1S/C21H18N6/c1-4-10-16(11-5-1)19(17-12-6-2-7-13-17)20(23-21-24-26-27-25-21)22-18-14-8-3-9-15-18/h1-15,22H,(H2,23,24,25,26,27). The van der Waals surface area contributed by atoms with Crippen LogP contribution in [0.25, 0.3) is 5.57 Å². The van der Waals surface area contributed by atoms with Crippen molar-refractivity contribution >= 4 is 17.2 Å². The van der Waals surface area contributed by atoms with Crippen molar-refractivity contribution in [2.24, 2.45) is 0 Å². The third kappa shape index (κ3) is 4.01. The van der Waals surface area contributed by atoms with Gasteiger partial charge >= 0.3 is 0 Å². The van der Waals surface area contributed by atoms with Gasteiger partial charge in [-0.25, -0.2) is 0 Å². The van der Waals surface area contributed by atoms with Crippen LogP contribution in [0.5, 0.6) is 0 Å². The number of hydrogen-bond donors (Lipinski definition) is 3. The zero-order chi connectivity index (χ0) is 18.3. The van der Waals surface area contributed by atoms with Gasteiger partial charge in [0.2, 0.25) is 0 Å². The molecule has 3 N–H and O–H groups in total. The SMILES string of the molecule is c1ccc(NC(Nc2nn[nH]n2)=C(c2ccccc2)c2ccccc2)cc1. The lowest BCUT2D eigenvalue weighted by Gasteiger charge is -2.18. The Bertz CT molecular complexity index is 955. The molecule has 4 rings (SSSR count). The minimum absolute atomic E-state index is 0.387. The number of anilines is 2. The number of aromatic nitrogens is 4. The van der Waals surface area contributed by atoms with Crippen LogP contribution in [0.3, 0.4) is 0 Å². The van der Waals surface area contributed by atoms with Gasteiger partial charge in [-0.2, -0.15) is 5.21 Å². The molecule has 0 spiro atoms. The highest BCUT2D eigenvalue weighted by atomic mass is 15.5. The van der Waals surface area contributed by atoms with Crippen LogP contribution in [0, 0.1) is 0 Å². The van der Waals surface area contributed by atoms with E-state index < -0.39 is 0 Å². The molecule has 0 radical (unpaired) electrons. The highest BCUT2D eigenvalue weighted by Crippen LogP contribution is 2.28. The van der Waals surface area contributed by atoms with Gasteiger partial charge in [0.05, 0.1) is 0 Å². The molecule has 1 heterocycles. The van der Waals surface area contributed by atoms with Crippen LogP contribution in [-0.2, 0) is 0 Å². The van der Waals surface area contributed by atoms with Gasteiger partial charge < -0.3 is 10.6 Å². The Labute approximate surface area is 157 Å². The van der Waals surface area contributed by atoms with Gasteiger partial charge in [-0.15, -0.1) is 5.10 Å². The Morgan fingerprint density at radius 1 is 0.667 bits per heavy atom. The van der Waals surface area contributed by atoms with E-state index >= 15 is 0 Å². The van der Waals surface area contributed by atoms with Crippen LogP contribution >= 0.6 is 0 Å². The average Bonchev–Trinajstić information content (AvgIpc) is 3.24. The lowest BCUT2D eigenvalue weighted by Crippen LogP contribution is -2.14. The van der Waals surface area contributed by atoms with Crippen LogP contribution in [0.15, 0.2) is 96.8 Å². The average molecular weight is 354 g/mol. The molecule has 0 unspecified atom stereocenters. The molecular formula is C21H18N6. The number of aromatic amines is 1. The van der Waals surface area contributed by atoms with E-state index in [-0.39, 0.29) is 0 Å². The third-order valence-electron chi connectivity index (χ3n) is 4.00. The maximum absolute atomic E-state index is 4.03. The summed E-state index contributed by atoms with van der Waals surface area (Å²) in [6.07, 6.45) is 0. The molecule has 0 atom stereocenters. The molecule has 0 saturated carbocycles. The van der Waals surface area contributed by atoms with E-state index in [1.54, 1.807) is 0 Å². The Kier molecular flexibility index (Phi) is 4.88. The van der Waals surface area contributed by atoms with Crippen molar-refractivity contribution in [3.05, 3.63) is 108 Å². The van der Waals surface area contributed by atoms with E-state index in [1.807, 2.05) is 66.7 Å². The van der Waals surface area contributed by atoms with Gasteiger partial charge in [0, 0.05) is 11.3 Å². The summed E-state index contributed by atoms with van der Waals surface area (Å²) in [4.78, 5) is 0. The van der Waals surface area contributed by atoms with E-state index in [4.69, 9.17) is 0 Å². The molecule has 6 nitrogen and oxygen atoms in total. The van der Waals surface area contributed by atoms with Gasteiger partial charge in [0.15, 0.2) is 0 Å². The highest BCUT2D eigenvalue weighted by molar-refractivity contribution is 5.85. The smallest absolute Gasteiger partial charge is 0.268 e. The molecule has 0 fully saturated rings. The largest absolute Gasteiger partial charge is 0.341 e. The third-order valence-corrected chi connectivity index (χ3v) is 4.00. The summed E-state index contributed by atoms with van der Waals surface area (Å²) in [5.41, 5.74) is 4.09. The molecule has 0 aliphatic rings. The molecule has 0 saturated heterocycles. The van der Waals surface area contributed by atoms with Gasteiger partial charge in [0.1, 0.15) is 5.82 Å². The summed E-state index contributed by atoms with van der Waals surface area (Å²) >= 11 is 0. The second kappa shape index (κ2) is 7.97. The van der Waals surface area contributed by atoms with Crippen molar-refractivity contribution in [1.29, 1.82) is 0 Å². The van der Waals surface area contributed by atoms with E-state index in [9.17, 15) is 0 Å². The number of nitrogens with zero attached hydrogens (tertiary/aromatic N) is 3. The fourth-order valence-corrected chi connectivity index (χ4v) is 2.81. The minimum Gasteiger partial charge on any atom is -0.341 e. The Hall–Kier alpha value is -3.93. The number of benzene rings is 3. The topological polar surface area (TPSA) is 78.5 Å².